The van der Waals surface area contributed by atoms with E-state index in [4.69, 9.17) is 0 Å². The van der Waals surface area contributed by atoms with Crippen LogP contribution < -0.4 is 5.32 Å². The highest BCUT2D eigenvalue weighted by atomic mass is 79.9. The number of nitrogens with one attached hydrogen (secondary N) is 1. The average Bonchev–Trinajstić information content (AvgIpc) is 2.86. The second kappa shape index (κ2) is 5.81. The summed E-state index contributed by atoms with van der Waals surface area (Å²) < 4.78 is 3.12. The highest BCUT2D eigenvalue weighted by Gasteiger charge is 2.11. The highest BCUT2D eigenvalue weighted by molar-refractivity contribution is 9.10. The molecule has 1 N–H and O–H groups in total. The van der Waals surface area contributed by atoms with Gasteiger partial charge >= 0.3 is 0 Å². The zero-order valence-corrected chi connectivity index (χ0v) is 13.5. The van der Waals surface area contributed by atoms with Crippen LogP contribution in [0.5, 0.6) is 0 Å². The van der Waals surface area contributed by atoms with Crippen LogP contribution in [0.15, 0.2) is 41.5 Å². The van der Waals surface area contributed by atoms with Gasteiger partial charge in [0, 0.05) is 18.9 Å². The van der Waals surface area contributed by atoms with Crippen molar-refractivity contribution in [1.29, 1.82) is 0 Å². The zero-order chi connectivity index (χ0) is 14.8. The summed E-state index contributed by atoms with van der Waals surface area (Å²) in [5.41, 5.74) is 3.00. The third-order valence-electron chi connectivity index (χ3n) is 3.12. The van der Waals surface area contributed by atoms with Crippen LogP contribution >= 0.6 is 15.9 Å². The van der Waals surface area contributed by atoms with Crippen LogP contribution in [0.3, 0.4) is 0 Å². The predicted molar refractivity (Wildman–Crippen MR) is 87.6 cm³/mol. The first-order valence-corrected chi connectivity index (χ1v) is 7.61. The number of halogens is 1. The van der Waals surface area contributed by atoms with Gasteiger partial charge in [0.15, 0.2) is 0 Å². The van der Waals surface area contributed by atoms with Crippen molar-refractivity contribution in [3.63, 3.8) is 0 Å². The van der Waals surface area contributed by atoms with Crippen molar-refractivity contribution < 1.29 is 0 Å². The molecule has 0 radical (unpaired) electrons. The number of nitrogens with zero attached hydrogens (tertiary/aromatic N) is 4. The molecular formula is C15H16BrN5. The second-order valence-corrected chi connectivity index (χ2v) is 6.09. The van der Waals surface area contributed by atoms with Crippen molar-refractivity contribution in [2.75, 3.05) is 5.32 Å². The minimum Gasteiger partial charge on any atom is -0.338 e. The molecule has 3 rings (SSSR count). The maximum absolute atomic E-state index is 4.51. The van der Waals surface area contributed by atoms with Crippen LogP contribution in [-0.4, -0.2) is 19.5 Å². The lowest BCUT2D eigenvalue weighted by atomic mass is 10.2. The Bertz CT molecular complexity index is 751. The van der Waals surface area contributed by atoms with E-state index < -0.39 is 0 Å². The van der Waals surface area contributed by atoms with Crippen molar-refractivity contribution in [3.8, 4) is 0 Å². The Hall–Kier alpha value is -1.95. The van der Waals surface area contributed by atoms with Gasteiger partial charge in [-0.25, -0.2) is 9.97 Å². The summed E-state index contributed by atoms with van der Waals surface area (Å²) in [5, 5.41) is 3.24. The fourth-order valence-electron chi connectivity index (χ4n) is 2.24. The van der Waals surface area contributed by atoms with Crippen molar-refractivity contribution in [3.05, 3.63) is 41.5 Å². The highest BCUT2D eigenvalue weighted by Crippen LogP contribution is 2.32. The van der Waals surface area contributed by atoms with E-state index in [2.05, 4.69) is 60.7 Å². The molecule has 3 aromatic rings. The van der Waals surface area contributed by atoms with Gasteiger partial charge in [-0.05, 0) is 34.0 Å². The van der Waals surface area contributed by atoms with Gasteiger partial charge in [0.25, 0.3) is 0 Å². The summed E-state index contributed by atoms with van der Waals surface area (Å²) in [6.45, 7) is 5.36. The molecule has 2 heterocycles. The first-order chi connectivity index (χ1) is 10.1. The molecule has 0 amide bonds. The lowest BCUT2D eigenvalue weighted by Crippen LogP contribution is -2.02. The Labute approximate surface area is 131 Å². The molecule has 21 heavy (non-hydrogen) atoms. The van der Waals surface area contributed by atoms with Gasteiger partial charge in [-0.3, -0.25) is 4.98 Å². The smallest absolute Gasteiger partial charge is 0.148 e. The average molecular weight is 346 g/mol. The number of anilines is 2. The number of hydrogen-bond donors (Lipinski definition) is 1. The molecule has 0 aliphatic rings. The molecule has 0 atom stereocenters. The van der Waals surface area contributed by atoms with Crippen LogP contribution in [0.25, 0.3) is 11.0 Å². The molecule has 0 saturated heterocycles. The number of imidazole rings is 1. The van der Waals surface area contributed by atoms with Crippen LogP contribution in [0.4, 0.5) is 11.5 Å². The maximum atomic E-state index is 4.51. The lowest BCUT2D eigenvalue weighted by molar-refractivity contribution is 0.533. The largest absolute Gasteiger partial charge is 0.338 e. The Morgan fingerprint density at radius 1 is 1.24 bits per heavy atom. The van der Waals surface area contributed by atoms with Crippen molar-refractivity contribution in [2.45, 2.75) is 20.4 Å². The Morgan fingerprint density at radius 3 is 2.81 bits per heavy atom. The van der Waals surface area contributed by atoms with Gasteiger partial charge < -0.3 is 9.88 Å². The van der Waals surface area contributed by atoms with E-state index in [0.29, 0.717) is 11.7 Å². The summed E-state index contributed by atoms with van der Waals surface area (Å²) in [7, 11) is 0. The van der Waals surface area contributed by atoms with Crippen LogP contribution in [-0.2, 0) is 6.54 Å². The molecular weight excluding hydrogens is 330 g/mol. The van der Waals surface area contributed by atoms with Gasteiger partial charge in [0.2, 0.25) is 0 Å². The number of aromatic nitrogens is 4. The SMILES string of the molecule is CC(C)Cn1cnc2c(Br)c(Nc3cnccn3)ccc21. The summed E-state index contributed by atoms with van der Waals surface area (Å²) >= 11 is 3.63. The van der Waals surface area contributed by atoms with Crippen LogP contribution in [0, 0.1) is 5.92 Å². The van der Waals surface area contributed by atoms with Crippen molar-refractivity contribution >= 4 is 38.5 Å². The third-order valence-corrected chi connectivity index (χ3v) is 3.92. The number of fused-ring (bicyclic) bond motifs is 1. The fourth-order valence-corrected chi connectivity index (χ4v) is 2.77. The standard InChI is InChI=1S/C15H16BrN5/c1-10(2)8-21-9-19-15-12(21)4-3-11(14(15)16)20-13-7-17-5-6-18-13/h3-7,9-10H,8H2,1-2H3,(H,18,20). The van der Waals surface area contributed by atoms with E-state index in [1.807, 2.05) is 12.4 Å². The molecule has 0 spiro atoms. The quantitative estimate of drug-likeness (QED) is 0.776. The fraction of sp³-hybridized carbons (Fsp3) is 0.267. The molecule has 1 aromatic carbocycles. The molecule has 0 aliphatic heterocycles. The number of rotatable bonds is 4. The first kappa shape index (κ1) is 14.0. The van der Waals surface area contributed by atoms with Gasteiger partial charge in [-0.1, -0.05) is 13.8 Å². The van der Waals surface area contributed by atoms with Crippen LogP contribution in [0.2, 0.25) is 0 Å². The predicted octanol–water partition coefficient (Wildman–Crippen LogP) is 3.99. The normalized spacial score (nSPS) is 11.2. The maximum Gasteiger partial charge on any atom is 0.148 e. The van der Waals surface area contributed by atoms with Gasteiger partial charge in [-0.15, -0.1) is 0 Å². The van der Waals surface area contributed by atoms with E-state index in [0.717, 1.165) is 27.7 Å². The molecule has 5 nitrogen and oxygen atoms in total. The van der Waals surface area contributed by atoms with E-state index in [1.54, 1.807) is 18.6 Å². The molecule has 0 aliphatic carbocycles. The Balaban J connectivity index is 1.97. The van der Waals surface area contributed by atoms with E-state index in [9.17, 15) is 0 Å². The molecule has 0 unspecified atom stereocenters. The lowest BCUT2D eigenvalue weighted by Gasteiger charge is -2.10. The Kier molecular flexibility index (Phi) is 3.88. The molecule has 108 valence electrons. The molecule has 0 bridgehead atoms. The third kappa shape index (κ3) is 2.90. The monoisotopic (exact) mass is 345 g/mol. The van der Waals surface area contributed by atoms with E-state index >= 15 is 0 Å². The molecule has 0 saturated carbocycles. The van der Waals surface area contributed by atoms with Crippen LogP contribution in [0.1, 0.15) is 13.8 Å². The zero-order valence-electron chi connectivity index (χ0n) is 11.9. The summed E-state index contributed by atoms with van der Waals surface area (Å²) in [5.74, 6) is 1.29. The van der Waals surface area contributed by atoms with Gasteiger partial charge in [0.05, 0.1) is 28.2 Å². The van der Waals surface area contributed by atoms with E-state index in [1.165, 1.54) is 0 Å². The number of benzene rings is 1. The Morgan fingerprint density at radius 2 is 2.10 bits per heavy atom. The summed E-state index contributed by atoms with van der Waals surface area (Å²) in [6, 6.07) is 4.10. The van der Waals surface area contributed by atoms with E-state index in [-0.39, 0.29) is 0 Å². The molecule has 0 fully saturated rings. The summed E-state index contributed by atoms with van der Waals surface area (Å²) in [6.07, 6.45) is 6.89. The van der Waals surface area contributed by atoms with Crippen molar-refractivity contribution in [1.82, 2.24) is 19.5 Å². The first-order valence-electron chi connectivity index (χ1n) is 6.81. The minimum atomic E-state index is 0.582. The summed E-state index contributed by atoms with van der Waals surface area (Å²) in [4.78, 5) is 12.8. The molecule has 2 aromatic heterocycles. The minimum absolute atomic E-state index is 0.582. The van der Waals surface area contributed by atoms with Gasteiger partial charge in [-0.2, -0.15) is 0 Å². The number of hydrogen-bond acceptors (Lipinski definition) is 4. The molecule has 6 heteroatoms. The second-order valence-electron chi connectivity index (χ2n) is 5.30. The van der Waals surface area contributed by atoms with Crippen molar-refractivity contribution in [2.24, 2.45) is 5.92 Å². The van der Waals surface area contributed by atoms with Gasteiger partial charge in [0.1, 0.15) is 11.3 Å². The topological polar surface area (TPSA) is 55.6 Å².